The first-order chi connectivity index (χ1) is 13.8. The van der Waals surface area contributed by atoms with Crippen molar-refractivity contribution in [2.45, 2.75) is 76.7 Å². The van der Waals surface area contributed by atoms with E-state index in [2.05, 4.69) is 20.4 Å². The number of benzene rings is 1. The first kappa shape index (κ1) is 19.7. The van der Waals surface area contributed by atoms with E-state index in [0.29, 0.717) is 24.2 Å². The van der Waals surface area contributed by atoms with E-state index in [1.165, 1.54) is 18.6 Å². The summed E-state index contributed by atoms with van der Waals surface area (Å²) in [4.78, 5) is 12.1. The van der Waals surface area contributed by atoms with E-state index >= 15 is 0 Å². The average molecular weight is 403 g/mol. The maximum Gasteiger partial charge on any atom is 0.201 e. The standard InChI is InChI=1S/C24H31FO4/c1-14-8-9-20-16(3)21(12-15(2)17-6-5-7-18(25)13-17)26-22-24(20)19(14)10-11-23(4,27-22)28-29-24/h5-7,13-14,16,19-22H,2,8-12H2,1,3-4H3/t14-,16-,19+,20+,21-,22-,23+,24-/m1/s1. The molecule has 4 heterocycles. The van der Waals surface area contributed by atoms with Gasteiger partial charge in [0.05, 0.1) is 6.10 Å². The van der Waals surface area contributed by atoms with Crippen LogP contribution in [0.2, 0.25) is 0 Å². The van der Waals surface area contributed by atoms with Gasteiger partial charge in [0.15, 0.2) is 11.9 Å². The lowest BCUT2D eigenvalue weighted by molar-refractivity contribution is -0.570. The number of halogens is 1. The van der Waals surface area contributed by atoms with Crippen molar-refractivity contribution in [2.75, 3.05) is 0 Å². The fourth-order valence-corrected chi connectivity index (χ4v) is 6.28. The van der Waals surface area contributed by atoms with Crippen LogP contribution in [0.1, 0.15) is 58.4 Å². The third-order valence-corrected chi connectivity index (χ3v) is 7.98. The molecule has 1 spiro atoms. The lowest BCUT2D eigenvalue weighted by atomic mass is 9.57. The van der Waals surface area contributed by atoms with Crippen molar-refractivity contribution < 1.29 is 23.6 Å². The third-order valence-electron chi connectivity index (χ3n) is 7.98. The van der Waals surface area contributed by atoms with E-state index in [1.54, 1.807) is 6.07 Å². The number of fused-ring (bicyclic) bond motifs is 2. The largest absolute Gasteiger partial charge is 0.346 e. The molecule has 4 aliphatic heterocycles. The molecule has 0 radical (unpaired) electrons. The normalized spacial score (nSPS) is 46.1. The van der Waals surface area contributed by atoms with Gasteiger partial charge < -0.3 is 9.47 Å². The minimum atomic E-state index is -0.762. The molecule has 0 aromatic heterocycles. The van der Waals surface area contributed by atoms with Crippen LogP contribution >= 0.6 is 0 Å². The number of hydrogen-bond acceptors (Lipinski definition) is 4. The topological polar surface area (TPSA) is 36.9 Å². The van der Waals surface area contributed by atoms with E-state index in [9.17, 15) is 4.39 Å². The molecule has 5 aliphatic rings. The zero-order valence-electron chi connectivity index (χ0n) is 17.5. The predicted molar refractivity (Wildman–Crippen MR) is 107 cm³/mol. The molecule has 0 N–H and O–H groups in total. The fourth-order valence-electron chi connectivity index (χ4n) is 6.28. The summed E-state index contributed by atoms with van der Waals surface area (Å²) in [6, 6.07) is 6.62. The van der Waals surface area contributed by atoms with E-state index < -0.39 is 17.7 Å². The molecule has 4 saturated heterocycles. The second-order valence-electron chi connectivity index (χ2n) is 9.76. The maximum absolute atomic E-state index is 13.7. The molecule has 4 nitrogen and oxygen atoms in total. The smallest absolute Gasteiger partial charge is 0.201 e. The van der Waals surface area contributed by atoms with E-state index in [4.69, 9.17) is 19.2 Å². The summed E-state index contributed by atoms with van der Waals surface area (Å²) in [6.07, 6.45) is 4.26. The molecular formula is C24H31FO4. The maximum atomic E-state index is 13.7. The summed E-state index contributed by atoms with van der Waals surface area (Å²) in [5, 5.41) is 0. The Morgan fingerprint density at radius 1 is 1.17 bits per heavy atom. The molecule has 2 bridgehead atoms. The Morgan fingerprint density at radius 3 is 2.79 bits per heavy atom. The van der Waals surface area contributed by atoms with Crippen molar-refractivity contribution >= 4 is 5.57 Å². The molecule has 1 aromatic rings. The summed E-state index contributed by atoms with van der Waals surface area (Å²) < 4.78 is 26.7. The van der Waals surface area contributed by atoms with Crippen LogP contribution in [0, 0.1) is 29.5 Å². The molecule has 5 heteroatoms. The highest BCUT2D eigenvalue weighted by Gasteiger charge is 2.69. The highest BCUT2D eigenvalue weighted by molar-refractivity contribution is 5.63. The molecule has 158 valence electrons. The Labute approximate surface area is 172 Å². The van der Waals surface area contributed by atoms with Crippen LogP contribution in [-0.4, -0.2) is 23.8 Å². The van der Waals surface area contributed by atoms with Gasteiger partial charge in [-0.2, -0.15) is 0 Å². The molecule has 0 amide bonds. The van der Waals surface area contributed by atoms with Crippen LogP contribution in [0.3, 0.4) is 0 Å². The quantitative estimate of drug-likeness (QED) is 0.628. The molecule has 5 fully saturated rings. The average Bonchev–Trinajstić information content (AvgIpc) is 2.92. The van der Waals surface area contributed by atoms with Gasteiger partial charge in [0.2, 0.25) is 5.79 Å². The molecular weight excluding hydrogens is 371 g/mol. The van der Waals surface area contributed by atoms with Crippen molar-refractivity contribution in [3.63, 3.8) is 0 Å². The highest BCUT2D eigenvalue weighted by atomic mass is 19.1. The first-order valence-corrected chi connectivity index (χ1v) is 11.0. The van der Waals surface area contributed by atoms with Crippen molar-refractivity contribution in [1.82, 2.24) is 0 Å². The second-order valence-corrected chi connectivity index (χ2v) is 9.76. The molecule has 1 aliphatic carbocycles. The van der Waals surface area contributed by atoms with Gasteiger partial charge >= 0.3 is 0 Å². The predicted octanol–water partition coefficient (Wildman–Crippen LogP) is 5.48. The van der Waals surface area contributed by atoms with Crippen LogP contribution < -0.4 is 0 Å². The van der Waals surface area contributed by atoms with E-state index in [-0.39, 0.29) is 17.8 Å². The lowest BCUT2D eigenvalue weighted by Crippen LogP contribution is -2.70. The number of hydrogen-bond donors (Lipinski definition) is 0. The van der Waals surface area contributed by atoms with Crippen LogP contribution in [-0.2, 0) is 19.2 Å². The van der Waals surface area contributed by atoms with E-state index in [1.807, 2.05) is 13.0 Å². The Hall–Kier alpha value is -1.27. The highest BCUT2D eigenvalue weighted by Crippen LogP contribution is 2.61. The number of rotatable bonds is 3. The van der Waals surface area contributed by atoms with Gasteiger partial charge in [-0.25, -0.2) is 14.2 Å². The van der Waals surface area contributed by atoms with Crippen molar-refractivity contribution in [3.8, 4) is 0 Å². The minimum absolute atomic E-state index is 0.0491. The summed E-state index contributed by atoms with van der Waals surface area (Å²) in [5.74, 6) is 0.479. The first-order valence-electron chi connectivity index (χ1n) is 11.0. The van der Waals surface area contributed by atoms with Gasteiger partial charge in [-0.15, -0.1) is 0 Å². The SMILES string of the molecule is C=C(C[C@H]1O[C@@H]2O[C@]3(C)CC[C@H]4[C@H](C)CC[C@@H]([C@H]1C)[C@@]24OO3)c1cccc(F)c1. The molecule has 6 rings (SSSR count). The fraction of sp³-hybridized carbons (Fsp3) is 0.667. The van der Waals surface area contributed by atoms with Crippen LogP contribution in [0.15, 0.2) is 30.8 Å². The summed E-state index contributed by atoms with van der Waals surface area (Å²) in [6.45, 7) is 10.7. The van der Waals surface area contributed by atoms with Gasteiger partial charge in [0.1, 0.15) is 5.82 Å². The van der Waals surface area contributed by atoms with Crippen molar-refractivity contribution in [3.05, 3.63) is 42.2 Å². The molecule has 8 atom stereocenters. The zero-order chi connectivity index (χ0) is 20.4. The number of ether oxygens (including phenoxy) is 2. The Morgan fingerprint density at radius 2 is 2.00 bits per heavy atom. The summed E-state index contributed by atoms with van der Waals surface area (Å²) in [7, 11) is 0. The van der Waals surface area contributed by atoms with Crippen LogP contribution in [0.25, 0.3) is 5.57 Å². The Bertz CT molecular complexity index is 812. The van der Waals surface area contributed by atoms with Crippen LogP contribution in [0.5, 0.6) is 0 Å². The molecule has 29 heavy (non-hydrogen) atoms. The zero-order valence-corrected chi connectivity index (χ0v) is 17.5. The van der Waals surface area contributed by atoms with Crippen molar-refractivity contribution in [1.29, 1.82) is 0 Å². The van der Waals surface area contributed by atoms with Gasteiger partial charge in [-0.05, 0) is 73.6 Å². The van der Waals surface area contributed by atoms with Gasteiger partial charge in [0, 0.05) is 12.3 Å². The molecule has 0 unspecified atom stereocenters. The van der Waals surface area contributed by atoms with E-state index in [0.717, 1.165) is 30.4 Å². The van der Waals surface area contributed by atoms with Crippen LogP contribution in [0.4, 0.5) is 4.39 Å². The van der Waals surface area contributed by atoms with Gasteiger partial charge in [0.25, 0.3) is 0 Å². The third kappa shape index (κ3) is 3.01. The van der Waals surface area contributed by atoms with Crippen molar-refractivity contribution in [2.24, 2.45) is 23.7 Å². The summed E-state index contributed by atoms with van der Waals surface area (Å²) >= 11 is 0. The van der Waals surface area contributed by atoms with Gasteiger partial charge in [-0.1, -0.05) is 32.6 Å². The monoisotopic (exact) mass is 402 g/mol. The molecule has 1 aromatic carbocycles. The minimum Gasteiger partial charge on any atom is -0.346 e. The van der Waals surface area contributed by atoms with Gasteiger partial charge in [-0.3, -0.25) is 0 Å². The summed E-state index contributed by atoms with van der Waals surface area (Å²) in [5.41, 5.74) is 1.18. The molecule has 1 saturated carbocycles. The second kappa shape index (κ2) is 6.88. The Kier molecular flexibility index (Phi) is 4.67. The Balaban J connectivity index is 1.45. The lowest BCUT2D eigenvalue weighted by Gasteiger charge is -2.60.